The fourth-order valence-electron chi connectivity index (χ4n) is 2.15. The molecular formula is C16H18N4O6S. The summed E-state index contributed by atoms with van der Waals surface area (Å²) in [7, 11) is -0.669. The minimum absolute atomic E-state index is 0.116. The summed E-state index contributed by atoms with van der Waals surface area (Å²) in [5.41, 5.74) is -0.165. The second-order valence-electron chi connectivity index (χ2n) is 5.82. The molecule has 27 heavy (non-hydrogen) atoms. The molecule has 0 atom stereocenters. The monoisotopic (exact) mass is 394 g/mol. The van der Waals surface area contributed by atoms with Gasteiger partial charge in [-0.3, -0.25) is 24.3 Å². The second kappa shape index (κ2) is 8.10. The molecule has 1 N–H and O–H groups in total. The summed E-state index contributed by atoms with van der Waals surface area (Å²) >= 11 is 0. The average Bonchev–Trinajstić information content (AvgIpc) is 2.61. The Kier molecular flexibility index (Phi) is 6.08. The lowest BCUT2D eigenvalue weighted by Crippen LogP contribution is -2.31. The van der Waals surface area contributed by atoms with Crippen LogP contribution in [0.3, 0.4) is 0 Å². The highest BCUT2D eigenvalue weighted by Crippen LogP contribution is 2.14. The van der Waals surface area contributed by atoms with Gasteiger partial charge >= 0.3 is 0 Å². The first-order chi connectivity index (χ1) is 12.6. The molecule has 2 aromatic rings. The van der Waals surface area contributed by atoms with Crippen molar-refractivity contribution in [2.45, 2.75) is 18.0 Å². The minimum atomic E-state index is -3.53. The molecule has 10 nitrogen and oxygen atoms in total. The SMILES string of the molecule is CN(C)S(=O)(=O)c1ccc(CNC(=O)Cn2cc([N+](=O)[O-])ccc2=O)cc1. The number of aromatic nitrogens is 1. The molecule has 0 spiro atoms. The fourth-order valence-corrected chi connectivity index (χ4v) is 3.05. The van der Waals surface area contributed by atoms with Crippen molar-refractivity contribution in [3.05, 3.63) is 68.6 Å². The molecule has 0 aliphatic heterocycles. The van der Waals surface area contributed by atoms with E-state index < -0.39 is 26.4 Å². The Bertz CT molecular complexity index is 1010. The molecule has 0 aliphatic rings. The summed E-state index contributed by atoms with van der Waals surface area (Å²) in [6.07, 6.45) is 1.00. The largest absolute Gasteiger partial charge is 0.350 e. The first-order valence-corrected chi connectivity index (χ1v) is 9.18. The lowest BCUT2D eigenvalue weighted by molar-refractivity contribution is -0.385. The van der Waals surface area contributed by atoms with Crippen molar-refractivity contribution < 1.29 is 18.1 Å². The van der Waals surface area contributed by atoms with Crippen LogP contribution in [0.1, 0.15) is 5.56 Å². The Morgan fingerprint density at radius 3 is 2.37 bits per heavy atom. The fraction of sp³-hybridized carbons (Fsp3) is 0.250. The molecule has 1 heterocycles. The third-order valence-electron chi connectivity index (χ3n) is 3.68. The Morgan fingerprint density at radius 2 is 1.81 bits per heavy atom. The molecule has 144 valence electrons. The summed E-state index contributed by atoms with van der Waals surface area (Å²) < 4.78 is 26.0. The smallest absolute Gasteiger partial charge is 0.285 e. The summed E-state index contributed by atoms with van der Waals surface area (Å²) in [5, 5.41) is 13.3. The number of pyridine rings is 1. The number of sulfonamides is 1. The van der Waals surface area contributed by atoms with Crippen molar-refractivity contribution >= 4 is 21.6 Å². The quantitative estimate of drug-likeness (QED) is 0.531. The van der Waals surface area contributed by atoms with Crippen LogP contribution in [-0.4, -0.2) is 42.2 Å². The van der Waals surface area contributed by atoms with E-state index in [0.29, 0.717) is 5.56 Å². The van der Waals surface area contributed by atoms with Crippen molar-refractivity contribution in [3.8, 4) is 0 Å². The van der Waals surface area contributed by atoms with E-state index in [1.54, 1.807) is 12.1 Å². The van der Waals surface area contributed by atoms with Gasteiger partial charge in [0, 0.05) is 32.8 Å². The molecule has 1 amide bonds. The number of nitro groups is 1. The lowest BCUT2D eigenvalue weighted by atomic mass is 10.2. The van der Waals surface area contributed by atoms with E-state index in [9.17, 15) is 28.1 Å². The maximum absolute atomic E-state index is 12.0. The number of hydrogen-bond acceptors (Lipinski definition) is 6. The second-order valence-corrected chi connectivity index (χ2v) is 7.97. The Labute approximate surface area is 155 Å². The maximum atomic E-state index is 12.0. The topological polar surface area (TPSA) is 132 Å². The first kappa shape index (κ1) is 20.3. The van der Waals surface area contributed by atoms with Crippen LogP contribution in [0, 0.1) is 10.1 Å². The Morgan fingerprint density at radius 1 is 1.19 bits per heavy atom. The minimum Gasteiger partial charge on any atom is -0.350 e. The van der Waals surface area contributed by atoms with Gasteiger partial charge in [-0.2, -0.15) is 0 Å². The van der Waals surface area contributed by atoms with Gasteiger partial charge in [-0.15, -0.1) is 0 Å². The molecule has 0 saturated carbocycles. The number of nitrogens with one attached hydrogen (secondary N) is 1. The van der Waals surface area contributed by atoms with Crippen LogP contribution in [-0.2, 0) is 27.9 Å². The molecule has 0 fully saturated rings. The zero-order valence-electron chi connectivity index (χ0n) is 14.7. The van der Waals surface area contributed by atoms with Crippen LogP contribution in [0.25, 0.3) is 0 Å². The van der Waals surface area contributed by atoms with Gasteiger partial charge in [0.1, 0.15) is 6.54 Å². The summed E-state index contributed by atoms with van der Waals surface area (Å²) in [4.78, 5) is 33.9. The van der Waals surface area contributed by atoms with Crippen LogP contribution in [0.15, 0.2) is 52.3 Å². The normalized spacial score (nSPS) is 11.4. The van der Waals surface area contributed by atoms with Crippen LogP contribution >= 0.6 is 0 Å². The van der Waals surface area contributed by atoms with Crippen LogP contribution < -0.4 is 10.9 Å². The maximum Gasteiger partial charge on any atom is 0.285 e. The molecule has 0 unspecified atom stereocenters. The van der Waals surface area contributed by atoms with Gasteiger partial charge in [-0.25, -0.2) is 12.7 Å². The Hall–Kier alpha value is -3.05. The van der Waals surface area contributed by atoms with Gasteiger partial charge < -0.3 is 5.32 Å². The van der Waals surface area contributed by atoms with E-state index in [1.165, 1.54) is 26.2 Å². The summed E-state index contributed by atoms with van der Waals surface area (Å²) in [5.74, 6) is -0.511. The van der Waals surface area contributed by atoms with Gasteiger partial charge in [0.15, 0.2) is 0 Å². The van der Waals surface area contributed by atoms with Crippen LogP contribution in [0.2, 0.25) is 0 Å². The highest BCUT2D eigenvalue weighted by Gasteiger charge is 2.16. The number of rotatable bonds is 7. The predicted octanol–water partition coefficient (Wildman–Crippen LogP) is 0.323. The standard InChI is InChI=1S/C16H18N4O6S/c1-18(2)27(25,26)14-6-3-12(4-7-14)9-17-15(21)11-19-10-13(20(23)24)5-8-16(19)22/h3-8,10H,9,11H2,1-2H3,(H,17,21). The van der Waals surface area contributed by atoms with Crippen LogP contribution in [0.4, 0.5) is 5.69 Å². The number of nitrogens with zero attached hydrogens (tertiary/aromatic N) is 3. The number of amides is 1. The van der Waals surface area contributed by atoms with E-state index in [1.807, 2.05) is 0 Å². The lowest BCUT2D eigenvalue weighted by Gasteiger charge is -2.12. The van der Waals surface area contributed by atoms with E-state index in [-0.39, 0.29) is 23.7 Å². The molecule has 0 radical (unpaired) electrons. The highest BCUT2D eigenvalue weighted by molar-refractivity contribution is 7.89. The predicted molar refractivity (Wildman–Crippen MR) is 96.5 cm³/mol. The van der Waals surface area contributed by atoms with Crippen molar-refractivity contribution in [2.75, 3.05) is 14.1 Å². The zero-order chi connectivity index (χ0) is 20.2. The molecular weight excluding hydrogens is 376 g/mol. The summed E-state index contributed by atoms with van der Waals surface area (Å²) in [6, 6.07) is 8.09. The third kappa shape index (κ3) is 4.99. The highest BCUT2D eigenvalue weighted by atomic mass is 32.2. The van der Waals surface area contributed by atoms with E-state index >= 15 is 0 Å². The molecule has 0 bridgehead atoms. The number of hydrogen-bond donors (Lipinski definition) is 1. The number of carbonyl (C=O) groups excluding carboxylic acids is 1. The summed E-state index contributed by atoms with van der Waals surface area (Å²) in [6.45, 7) is -0.252. The van der Waals surface area contributed by atoms with Gasteiger partial charge in [0.2, 0.25) is 15.9 Å². The molecule has 1 aromatic heterocycles. The van der Waals surface area contributed by atoms with Gasteiger partial charge in [-0.1, -0.05) is 12.1 Å². The number of benzene rings is 1. The molecule has 0 aliphatic carbocycles. The van der Waals surface area contributed by atoms with Gasteiger partial charge in [0.05, 0.1) is 16.0 Å². The van der Waals surface area contributed by atoms with Crippen molar-refractivity contribution in [1.29, 1.82) is 0 Å². The number of carbonyl (C=O) groups is 1. The average molecular weight is 394 g/mol. The molecule has 0 saturated heterocycles. The van der Waals surface area contributed by atoms with Crippen molar-refractivity contribution in [3.63, 3.8) is 0 Å². The van der Waals surface area contributed by atoms with Gasteiger partial charge in [0.25, 0.3) is 11.2 Å². The Balaban J connectivity index is 2.01. The molecule has 2 rings (SSSR count). The zero-order valence-corrected chi connectivity index (χ0v) is 15.5. The van der Waals surface area contributed by atoms with Crippen molar-refractivity contribution in [2.24, 2.45) is 0 Å². The van der Waals surface area contributed by atoms with E-state index in [4.69, 9.17) is 0 Å². The molecule has 11 heteroatoms. The first-order valence-electron chi connectivity index (χ1n) is 7.74. The van der Waals surface area contributed by atoms with Gasteiger partial charge in [-0.05, 0) is 17.7 Å². The van der Waals surface area contributed by atoms with E-state index in [0.717, 1.165) is 27.2 Å². The van der Waals surface area contributed by atoms with Crippen LogP contribution in [0.5, 0.6) is 0 Å². The third-order valence-corrected chi connectivity index (χ3v) is 5.51. The van der Waals surface area contributed by atoms with Crippen molar-refractivity contribution in [1.82, 2.24) is 14.2 Å². The van der Waals surface area contributed by atoms with E-state index in [2.05, 4.69) is 5.32 Å². The molecule has 1 aromatic carbocycles.